The summed E-state index contributed by atoms with van der Waals surface area (Å²) in [5.41, 5.74) is 2.97. The van der Waals surface area contributed by atoms with E-state index in [1.807, 2.05) is 55.6 Å². The first-order valence-electron chi connectivity index (χ1n) is 10.7. The van der Waals surface area contributed by atoms with Crippen molar-refractivity contribution in [2.75, 3.05) is 11.5 Å². The monoisotopic (exact) mass is 451 g/mol. The summed E-state index contributed by atoms with van der Waals surface area (Å²) >= 11 is 1.50. The van der Waals surface area contributed by atoms with Gasteiger partial charge in [0.1, 0.15) is 16.8 Å². The quantitative estimate of drug-likeness (QED) is 0.484. The van der Waals surface area contributed by atoms with Crippen molar-refractivity contribution < 1.29 is 19.1 Å². The van der Waals surface area contributed by atoms with E-state index in [1.54, 1.807) is 18.0 Å². The van der Waals surface area contributed by atoms with Crippen molar-refractivity contribution >= 4 is 28.9 Å². The van der Waals surface area contributed by atoms with Crippen LogP contribution in [0, 0.1) is 0 Å². The van der Waals surface area contributed by atoms with E-state index in [1.165, 1.54) is 11.3 Å². The number of pyridine rings is 1. The van der Waals surface area contributed by atoms with E-state index >= 15 is 0 Å². The number of amides is 1. The summed E-state index contributed by atoms with van der Waals surface area (Å²) in [5, 5.41) is 2.77. The van der Waals surface area contributed by atoms with Crippen LogP contribution in [0.25, 0.3) is 22.0 Å². The Labute approximate surface area is 191 Å². The van der Waals surface area contributed by atoms with Crippen LogP contribution in [-0.4, -0.2) is 40.6 Å². The molecule has 4 rings (SSSR count). The van der Waals surface area contributed by atoms with Crippen LogP contribution in [0.1, 0.15) is 33.6 Å². The van der Waals surface area contributed by atoms with Crippen LogP contribution in [0.2, 0.25) is 0 Å². The number of carbonyl (C=O) groups is 2. The molecule has 0 bridgehead atoms. The molecular weight excluding hydrogens is 426 g/mol. The normalized spacial score (nSPS) is 16.3. The molecule has 3 aromatic rings. The zero-order chi connectivity index (χ0) is 22.7. The third-order valence-corrected chi connectivity index (χ3v) is 6.18. The summed E-state index contributed by atoms with van der Waals surface area (Å²) in [7, 11) is 0. The van der Waals surface area contributed by atoms with Gasteiger partial charge in [0.2, 0.25) is 0 Å². The highest BCUT2D eigenvalue weighted by Crippen LogP contribution is 2.40. The average molecular weight is 452 g/mol. The van der Waals surface area contributed by atoms with Gasteiger partial charge in [-0.1, -0.05) is 19.9 Å². The van der Waals surface area contributed by atoms with Crippen LogP contribution < -0.4 is 9.64 Å². The lowest BCUT2D eigenvalue weighted by Gasteiger charge is -2.37. The fourth-order valence-electron chi connectivity index (χ4n) is 3.73. The summed E-state index contributed by atoms with van der Waals surface area (Å²) in [6.07, 6.45) is 2.05. The van der Waals surface area contributed by atoms with Crippen LogP contribution in [0.3, 0.4) is 0 Å². The second-order valence-electron chi connectivity index (χ2n) is 7.33. The predicted molar refractivity (Wildman–Crippen MR) is 124 cm³/mol. The van der Waals surface area contributed by atoms with Gasteiger partial charge in [-0.05, 0) is 50.1 Å². The van der Waals surface area contributed by atoms with E-state index < -0.39 is 18.1 Å². The van der Waals surface area contributed by atoms with Gasteiger partial charge in [0.25, 0.3) is 5.91 Å². The van der Waals surface area contributed by atoms with Gasteiger partial charge in [-0.25, -0.2) is 9.78 Å². The van der Waals surface area contributed by atoms with Crippen LogP contribution in [0.15, 0.2) is 48.0 Å². The summed E-state index contributed by atoms with van der Waals surface area (Å²) < 4.78 is 11.2. The van der Waals surface area contributed by atoms with Crippen molar-refractivity contribution in [2.45, 2.75) is 45.8 Å². The topological polar surface area (TPSA) is 81.6 Å². The number of esters is 1. The summed E-state index contributed by atoms with van der Waals surface area (Å²) in [6.45, 7) is 5.77. The Morgan fingerprint density at radius 3 is 2.75 bits per heavy atom. The number of nitrogens with zero attached hydrogens (tertiary/aromatic N) is 3. The molecule has 166 valence electrons. The minimum atomic E-state index is -0.714. The third-order valence-electron chi connectivity index (χ3n) is 5.31. The molecule has 8 heteroatoms. The van der Waals surface area contributed by atoms with Crippen molar-refractivity contribution in [3.8, 4) is 27.7 Å². The standard InChI is InChI=1S/C24H25N3O4S/c1-4-18(24(29)30-6-3)27-19-13-15(10-11-21(19)31-20(5-2)23(27)28)17-14-32-22(26-17)16-9-7-8-12-25-16/h7-14,18,20H,4-6H2,1-3H3. The number of thiazole rings is 1. The maximum Gasteiger partial charge on any atom is 0.329 e. The molecule has 0 spiro atoms. The third kappa shape index (κ3) is 4.10. The molecule has 0 N–H and O–H groups in total. The molecule has 1 aliphatic rings. The fraction of sp³-hybridized carbons (Fsp3) is 0.333. The molecule has 2 unspecified atom stereocenters. The van der Waals surface area contributed by atoms with Gasteiger partial charge in [-0.15, -0.1) is 11.3 Å². The van der Waals surface area contributed by atoms with Gasteiger partial charge in [0.15, 0.2) is 6.10 Å². The molecule has 1 amide bonds. The highest BCUT2D eigenvalue weighted by atomic mass is 32.1. The molecule has 1 aromatic carbocycles. The van der Waals surface area contributed by atoms with Crippen LogP contribution in [0.5, 0.6) is 5.75 Å². The predicted octanol–water partition coefficient (Wildman–Crippen LogP) is 4.72. The van der Waals surface area contributed by atoms with Crippen LogP contribution in [0.4, 0.5) is 5.69 Å². The number of carbonyl (C=O) groups excluding carboxylic acids is 2. The molecule has 0 radical (unpaired) electrons. The van der Waals surface area contributed by atoms with E-state index in [2.05, 4.69) is 4.98 Å². The number of fused-ring (bicyclic) bond motifs is 1. The Morgan fingerprint density at radius 2 is 2.06 bits per heavy atom. The molecule has 3 heterocycles. The zero-order valence-corrected chi connectivity index (χ0v) is 19.1. The molecule has 0 aliphatic carbocycles. The maximum atomic E-state index is 13.2. The Balaban J connectivity index is 1.75. The van der Waals surface area contributed by atoms with E-state index in [4.69, 9.17) is 14.5 Å². The first-order valence-corrected chi connectivity index (χ1v) is 11.6. The number of anilines is 1. The first-order chi connectivity index (χ1) is 15.6. The van der Waals surface area contributed by atoms with Crippen molar-refractivity contribution in [2.24, 2.45) is 0 Å². The van der Waals surface area contributed by atoms with Crippen molar-refractivity contribution in [1.29, 1.82) is 0 Å². The van der Waals surface area contributed by atoms with E-state index in [-0.39, 0.29) is 12.5 Å². The summed E-state index contributed by atoms with van der Waals surface area (Å²) in [5.74, 6) is -0.0739. The number of benzene rings is 1. The Kier molecular flexibility index (Phi) is 6.50. The molecule has 1 aliphatic heterocycles. The summed E-state index contributed by atoms with van der Waals surface area (Å²) in [6, 6.07) is 10.6. The smallest absolute Gasteiger partial charge is 0.329 e. The average Bonchev–Trinajstić information content (AvgIpc) is 3.31. The Bertz CT molecular complexity index is 1120. The lowest BCUT2D eigenvalue weighted by atomic mass is 10.0. The van der Waals surface area contributed by atoms with Crippen molar-refractivity contribution in [3.05, 3.63) is 48.0 Å². The second-order valence-corrected chi connectivity index (χ2v) is 8.19. The van der Waals surface area contributed by atoms with Gasteiger partial charge in [0.05, 0.1) is 23.7 Å². The molecule has 2 aromatic heterocycles. The number of hydrogen-bond donors (Lipinski definition) is 0. The van der Waals surface area contributed by atoms with E-state index in [9.17, 15) is 9.59 Å². The number of aromatic nitrogens is 2. The molecule has 0 saturated carbocycles. The minimum Gasteiger partial charge on any atom is -0.478 e. The van der Waals surface area contributed by atoms with E-state index in [0.717, 1.165) is 22.0 Å². The van der Waals surface area contributed by atoms with Crippen molar-refractivity contribution in [3.63, 3.8) is 0 Å². The fourth-order valence-corrected chi connectivity index (χ4v) is 4.53. The Hall–Kier alpha value is -3.26. The zero-order valence-electron chi connectivity index (χ0n) is 18.3. The molecule has 7 nitrogen and oxygen atoms in total. The molecule has 0 saturated heterocycles. The van der Waals surface area contributed by atoms with Gasteiger partial charge < -0.3 is 9.47 Å². The number of hydrogen-bond acceptors (Lipinski definition) is 7. The Morgan fingerprint density at radius 1 is 1.22 bits per heavy atom. The molecule has 32 heavy (non-hydrogen) atoms. The van der Waals surface area contributed by atoms with Gasteiger partial charge >= 0.3 is 5.97 Å². The SMILES string of the molecule is CCOC(=O)C(CC)N1C(=O)C(CC)Oc2ccc(-c3csc(-c4ccccn4)n3)cc21. The largest absolute Gasteiger partial charge is 0.478 e. The number of rotatable bonds is 7. The summed E-state index contributed by atoms with van der Waals surface area (Å²) in [4.78, 5) is 36.5. The first kappa shape index (κ1) is 22.0. The van der Waals surface area contributed by atoms with Crippen LogP contribution >= 0.6 is 11.3 Å². The maximum absolute atomic E-state index is 13.2. The lowest BCUT2D eigenvalue weighted by Crippen LogP contribution is -2.53. The highest BCUT2D eigenvalue weighted by molar-refractivity contribution is 7.13. The highest BCUT2D eigenvalue weighted by Gasteiger charge is 2.40. The lowest BCUT2D eigenvalue weighted by molar-refractivity contribution is -0.146. The van der Waals surface area contributed by atoms with Crippen molar-refractivity contribution in [1.82, 2.24) is 9.97 Å². The van der Waals surface area contributed by atoms with Gasteiger partial charge in [-0.3, -0.25) is 14.7 Å². The molecule has 2 atom stereocenters. The van der Waals surface area contributed by atoms with E-state index in [0.29, 0.717) is 24.3 Å². The molecule has 0 fully saturated rings. The minimum absolute atomic E-state index is 0.232. The molecular formula is C24H25N3O4S. The van der Waals surface area contributed by atoms with Gasteiger partial charge in [0, 0.05) is 17.1 Å². The van der Waals surface area contributed by atoms with Crippen LogP contribution in [-0.2, 0) is 14.3 Å². The number of ether oxygens (including phenoxy) is 2. The second kappa shape index (κ2) is 9.48. The van der Waals surface area contributed by atoms with Gasteiger partial charge in [-0.2, -0.15) is 0 Å².